The summed E-state index contributed by atoms with van der Waals surface area (Å²) in [5, 5.41) is 8.97. The molecule has 2 aliphatic heterocycles. The molecule has 2 aliphatic rings. The highest BCUT2D eigenvalue weighted by Crippen LogP contribution is 2.40. The highest BCUT2D eigenvalue weighted by atomic mass is 32.2. The number of thioether (sulfide) groups is 1. The van der Waals surface area contributed by atoms with E-state index in [2.05, 4.69) is 0 Å². The number of benzene rings is 1. The van der Waals surface area contributed by atoms with Crippen molar-refractivity contribution in [3.05, 3.63) is 40.4 Å². The molecular weight excluding hydrogens is 360 g/mol. The number of ether oxygens (including phenoxy) is 1. The average Bonchev–Trinajstić information content (AvgIpc) is 2.87. The van der Waals surface area contributed by atoms with Crippen molar-refractivity contribution in [1.82, 2.24) is 4.90 Å². The number of carboxylic acids is 1. The number of methoxy groups -OCH3 is 1. The van der Waals surface area contributed by atoms with Gasteiger partial charge >= 0.3 is 5.97 Å². The molecule has 1 N–H and O–H groups in total. The number of rotatable bonds is 4. The molecule has 0 aromatic heterocycles. The molecule has 1 saturated heterocycles. The van der Waals surface area contributed by atoms with Crippen molar-refractivity contribution in [2.45, 2.75) is 6.92 Å². The van der Waals surface area contributed by atoms with Crippen LogP contribution < -0.4 is 9.64 Å². The van der Waals surface area contributed by atoms with Gasteiger partial charge in [0.1, 0.15) is 21.5 Å². The standard InChI is InChI=1S/C17H16N2O4S2/c1-3-18-12-7-5-11(23-2)8-10(12)4-6-13(18)15-16(22)19(9-14(20)21)17(24)25-15/h4-8H,3,9H2,1-2H3,(H,20,21). The normalized spacial score (nSPS) is 19.4. The van der Waals surface area contributed by atoms with Crippen molar-refractivity contribution in [1.29, 1.82) is 0 Å². The van der Waals surface area contributed by atoms with Crippen LogP contribution in [0.5, 0.6) is 5.75 Å². The second kappa shape index (κ2) is 6.89. The molecule has 1 amide bonds. The van der Waals surface area contributed by atoms with E-state index in [9.17, 15) is 9.59 Å². The predicted octanol–water partition coefficient (Wildman–Crippen LogP) is 2.70. The minimum atomic E-state index is -1.09. The number of carbonyl (C=O) groups is 2. The van der Waals surface area contributed by atoms with Crippen LogP contribution in [0.2, 0.25) is 0 Å². The van der Waals surface area contributed by atoms with Crippen molar-refractivity contribution >= 4 is 51.9 Å². The largest absolute Gasteiger partial charge is 0.497 e. The van der Waals surface area contributed by atoms with Gasteiger partial charge in [-0.1, -0.05) is 30.1 Å². The second-order valence-corrected chi connectivity index (χ2v) is 7.01. The topological polar surface area (TPSA) is 70.1 Å². The third kappa shape index (κ3) is 3.14. The number of carboxylic acid groups (broad SMARTS) is 1. The van der Waals surface area contributed by atoms with E-state index in [0.29, 0.717) is 11.4 Å². The quantitative estimate of drug-likeness (QED) is 0.640. The monoisotopic (exact) mass is 376 g/mol. The molecule has 130 valence electrons. The van der Waals surface area contributed by atoms with Crippen LogP contribution in [0.3, 0.4) is 0 Å². The number of anilines is 1. The fraction of sp³-hybridized carbons (Fsp3) is 0.235. The maximum atomic E-state index is 12.6. The zero-order chi connectivity index (χ0) is 18.1. The Morgan fingerprint density at radius 2 is 2.08 bits per heavy atom. The minimum Gasteiger partial charge on any atom is -0.497 e. The van der Waals surface area contributed by atoms with Gasteiger partial charge in [-0.2, -0.15) is 0 Å². The maximum absolute atomic E-state index is 12.6. The summed E-state index contributed by atoms with van der Waals surface area (Å²) in [6.07, 6.45) is 3.78. The van der Waals surface area contributed by atoms with Crippen molar-refractivity contribution in [2.24, 2.45) is 0 Å². The molecule has 0 spiro atoms. The third-order valence-corrected chi connectivity index (χ3v) is 5.38. The highest BCUT2D eigenvalue weighted by Gasteiger charge is 2.37. The van der Waals surface area contributed by atoms with Crippen LogP contribution >= 0.6 is 24.0 Å². The van der Waals surface area contributed by atoms with Gasteiger partial charge in [0.05, 0.1) is 12.8 Å². The highest BCUT2D eigenvalue weighted by molar-refractivity contribution is 8.26. The lowest BCUT2D eigenvalue weighted by Gasteiger charge is -2.30. The molecule has 25 heavy (non-hydrogen) atoms. The Balaban J connectivity index is 2.03. The fourth-order valence-corrected chi connectivity index (χ4v) is 4.10. The maximum Gasteiger partial charge on any atom is 0.323 e. The zero-order valence-electron chi connectivity index (χ0n) is 13.7. The molecule has 0 aliphatic carbocycles. The van der Waals surface area contributed by atoms with Gasteiger partial charge in [0.2, 0.25) is 0 Å². The molecule has 0 bridgehead atoms. The first kappa shape index (κ1) is 17.5. The van der Waals surface area contributed by atoms with E-state index in [0.717, 1.165) is 39.4 Å². The summed E-state index contributed by atoms with van der Waals surface area (Å²) < 4.78 is 5.52. The van der Waals surface area contributed by atoms with Crippen molar-refractivity contribution < 1.29 is 19.4 Å². The van der Waals surface area contributed by atoms with Crippen molar-refractivity contribution in [3.63, 3.8) is 0 Å². The smallest absolute Gasteiger partial charge is 0.323 e. The molecule has 2 heterocycles. The molecule has 1 aromatic carbocycles. The Hall–Kier alpha value is -2.32. The van der Waals surface area contributed by atoms with Gasteiger partial charge in [-0.3, -0.25) is 14.5 Å². The molecular formula is C17H16N2O4S2. The minimum absolute atomic E-state index is 0.264. The molecule has 3 rings (SSSR count). The van der Waals surface area contributed by atoms with Crippen LogP contribution in [0, 0.1) is 0 Å². The van der Waals surface area contributed by atoms with Crippen LogP contribution in [0.1, 0.15) is 12.5 Å². The third-order valence-electron chi connectivity index (χ3n) is 3.93. The van der Waals surface area contributed by atoms with E-state index in [-0.39, 0.29) is 10.2 Å². The summed E-state index contributed by atoms with van der Waals surface area (Å²) in [4.78, 5) is 27.2. The van der Waals surface area contributed by atoms with E-state index >= 15 is 0 Å². The summed E-state index contributed by atoms with van der Waals surface area (Å²) >= 11 is 6.32. The zero-order valence-corrected chi connectivity index (χ0v) is 15.3. The summed E-state index contributed by atoms with van der Waals surface area (Å²) in [5.74, 6) is -0.699. The number of aliphatic carboxylic acids is 1. The molecule has 0 saturated carbocycles. The van der Waals surface area contributed by atoms with Crippen molar-refractivity contribution in [2.75, 3.05) is 25.1 Å². The number of hydrogen-bond donors (Lipinski definition) is 1. The molecule has 1 fully saturated rings. The van der Waals surface area contributed by atoms with Gasteiger partial charge in [-0.15, -0.1) is 0 Å². The molecule has 0 atom stereocenters. The van der Waals surface area contributed by atoms with Crippen LogP contribution in [-0.2, 0) is 9.59 Å². The van der Waals surface area contributed by atoms with Crippen LogP contribution in [-0.4, -0.2) is 46.4 Å². The molecule has 0 radical (unpaired) electrons. The predicted molar refractivity (Wildman–Crippen MR) is 102 cm³/mol. The Morgan fingerprint density at radius 3 is 2.72 bits per heavy atom. The van der Waals surface area contributed by atoms with Crippen LogP contribution in [0.4, 0.5) is 5.69 Å². The number of allylic oxidation sites excluding steroid dienone is 1. The Morgan fingerprint density at radius 1 is 1.32 bits per heavy atom. The molecule has 0 unspecified atom stereocenters. The van der Waals surface area contributed by atoms with Crippen LogP contribution in [0.15, 0.2) is 34.9 Å². The fourth-order valence-electron chi connectivity index (χ4n) is 2.79. The molecule has 1 aromatic rings. The summed E-state index contributed by atoms with van der Waals surface area (Å²) in [6.45, 7) is 2.22. The number of likely N-dealkylation sites (N-methyl/N-ethyl adjacent to an activating group) is 1. The number of fused-ring (bicyclic) bond motifs is 1. The van der Waals surface area contributed by atoms with Gasteiger partial charge in [0.15, 0.2) is 0 Å². The van der Waals surface area contributed by atoms with E-state index in [1.165, 1.54) is 0 Å². The lowest BCUT2D eigenvalue weighted by Crippen LogP contribution is -2.34. The van der Waals surface area contributed by atoms with Crippen LogP contribution in [0.25, 0.3) is 6.08 Å². The Kier molecular flexibility index (Phi) is 4.82. The first-order valence-electron chi connectivity index (χ1n) is 7.59. The summed E-state index contributed by atoms with van der Waals surface area (Å²) in [6, 6.07) is 5.74. The summed E-state index contributed by atoms with van der Waals surface area (Å²) in [5.41, 5.74) is 2.68. The molecule has 8 heteroatoms. The average molecular weight is 376 g/mol. The SMILES string of the molecule is CCN1C(=C2SC(=S)N(CC(=O)O)C2=O)C=Cc2cc(OC)ccc21. The Bertz CT molecular complexity index is 832. The van der Waals surface area contributed by atoms with E-state index in [4.69, 9.17) is 22.1 Å². The van der Waals surface area contributed by atoms with Crippen molar-refractivity contribution in [3.8, 4) is 5.75 Å². The lowest BCUT2D eigenvalue weighted by molar-refractivity contribution is -0.140. The van der Waals surface area contributed by atoms with Gasteiger partial charge in [-0.05, 0) is 31.2 Å². The van der Waals surface area contributed by atoms with E-state index in [1.807, 2.05) is 42.2 Å². The first-order chi connectivity index (χ1) is 12.0. The van der Waals surface area contributed by atoms with Gasteiger partial charge in [-0.25, -0.2) is 0 Å². The van der Waals surface area contributed by atoms with Gasteiger partial charge in [0, 0.05) is 17.8 Å². The first-order valence-corrected chi connectivity index (χ1v) is 8.82. The number of amides is 1. The molecule has 6 nitrogen and oxygen atoms in total. The van der Waals surface area contributed by atoms with E-state index in [1.54, 1.807) is 7.11 Å². The number of hydrogen-bond acceptors (Lipinski definition) is 6. The second-order valence-electron chi connectivity index (χ2n) is 5.37. The summed E-state index contributed by atoms with van der Waals surface area (Å²) in [7, 11) is 1.62. The van der Waals surface area contributed by atoms with Gasteiger partial charge in [0.25, 0.3) is 5.91 Å². The number of thiocarbonyl (C=S) groups is 1. The Labute approximate surface area is 154 Å². The number of carbonyl (C=O) groups excluding carboxylic acids is 1. The van der Waals surface area contributed by atoms with Gasteiger partial charge < -0.3 is 14.7 Å². The number of nitrogens with zero attached hydrogens (tertiary/aromatic N) is 2. The van der Waals surface area contributed by atoms with E-state index < -0.39 is 12.5 Å². The lowest BCUT2D eigenvalue weighted by atomic mass is 10.0.